The van der Waals surface area contributed by atoms with E-state index in [9.17, 15) is 18.0 Å². The molecule has 0 radical (unpaired) electrons. The maximum Gasteiger partial charge on any atom is 0.261 e. The molecule has 47 heavy (non-hydrogen) atoms. The van der Waals surface area contributed by atoms with Gasteiger partial charge in [-0.3, -0.25) is 9.59 Å². The zero-order chi connectivity index (χ0) is 33.2. The van der Waals surface area contributed by atoms with Crippen molar-refractivity contribution in [2.45, 2.75) is 30.4 Å². The number of nitrogens with one attached hydrogen (secondary N) is 1. The number of amides is 2. The van der Waals surface area contributed by atoms with Gasteiger partial charge >= 0.3 is 0 Å². The number of carbonyl (C=O) groups excluding carboxylic acids is 2. The van der Waals surface area contributed by atoms with Crippen LogP contribution in [0, 0.1) is 0 Å². The fourth-order valence-electron chi connectivity index (χ4n) is 5.17. The Bertz CT molecular complexity index is 1750. The molecule has 1 atom stereocenters. The summed E-state index contributed by atoms with van der Waals surface area (Å²) in [6, 6.07) is 29.0. The molecule has 0 aromatic heterocycles. The highest BCUT2D eigenvalue weighted by Gasteiger charge is 2.31. The van der Waals surface area contributed by atoms with Gasteiger partial charge in [0.2, 0.25) is 15.9 Å². The smallest absolute Gasteiger partial charge is 0.261 e. The third kappa shape index (κ3) is 9.33. The van der Waals surface area contributed by atoms with Crippen molar-refractivity contribution in [2.24, 2.45) is 0 Å². The third-order valence-corrected chi connectivity index (χ3v) is 10.2. The Morgan fingerprint density at radius 1 is 0.872 bits per heavy atom. The van der Waals surface area contributed by atoms with Gasteiger partial charge in [0.25, 0.3) is 5.91 Å². The fourth-order valence-corrected chi connectivity index (χ4v) is 7.05. The summed E-state index contributed by atoms with van der Waals surface area (Å²) in [6.45, 7) is 1.20. The molecule has 9 nitrogen and oxygen atoms in total. The molecule has 246 valence electrons. The minimum absolute atomic E-state index is 0.129. The van der Waals surface area contributed by atoms with E-state index in [-0.39, 0.29) is 50.0 Å². The molecule has 0 bridgehead atoms. The number of benzene rings is 4. The van der Waals surface area contributed by atoms with Crippen molar-refractivity contribution >= 4 is 45.0 Å². The molecule has 4 aromatic rings. The Kier molecular flexibility index (Phi) is 11.9. The molecule has 0 saturated carbocycles. The molecule has 1 aliphatic heterocycles. The molecule has 2 amide bonds. The summed E-state index contributed by atoms with van der Waals surface area (Å²) in [6.07, 6.45) is 0.258. The molecule has 5 rings (SSSR count). The molecule has 1 heterocycles. The van der Waals surface area contributed by atoms with Crippen molar-refractivity contribution in [3.05, 3.63) is 130 Å². The van der Waals surface area contributed by atoms with Gasteiger partial charge in [-0.25, -0.2) is 8.42 Å². The first-order valence-electron chi connectivity index (χ1n) is 15.1. The van der Waals surface area contributed by atoms with E-state index in [0.29, 0.717) is 34.6 Å². The molecular weight excluding hydrogens is 661 g/mol. The Balaban J connectivity index is 1.35. The highest BCUT2D eigenvalue weighted by molar-refractivity contribution is 7.89. The van der Waals surface area contributed by atoms with E-state index in [1.807, 2.05) is 60.7 Å². The van der Waals surface area contributed by atoms with Crippen molar-refractivity contribution in [3.8, 4) is 5.75 Å². The van der Waals surface area contributed by atoms with Gasteiger partial charge < -0.3 is 19.7 Å². The summed E-state index contributed by atoms with van der Waals surface area (Å²) in [7, 11) is -3.68. The first-order chi connectivity index (χ1) is 22.7. The maximum absolute atomic E-state index is 13.9. The lowest BCUT2D eigenvalue weighted by Crippen LogP contribution is -2.51. The molecule has 4 aromatic carbocycles. The average Bonchev–Trinajstić information content (AvgIpc) is 3.09. The van der Waals surface area contributed by atoms with E-state index in [4.69, 9.17) is 32.7 Å². The second-order valence-corrected chi connectivity index (χ2v) is 13.7. The second kappa shape index (κ2) is 16.3. The molecular formula is C35H35Cl2N3O6S. The van der Waals surface area contributed by atoms with E-state index in [1.165, 1.54) is 33.5 Å². The van der Waals surface area contributed by atoms with Gasteiger partial charge in [-0.05, 0) is 53.1 Å². The average molecular weight is 697 g/mol. The zero-order valence-electron chi connectivity index (χ0n) is 25.6. The van der Waals surface area contributed by atoms with Gasteiger partial charge in [0.05, 0.1) is 18.1 Å². The number of hydrogen-bond acceptors (Lipinski definition) is 6. The second-order valence-electron chi connectivity index (χ2n) is 10.9. The normalized spacial score (nSPS) is 14.3. The highest BCUT2D eigenvalue weighted by Crippen LogP contribution is 2.23. The van der Waals surface area contributed by atoms with Crippen LogP contribution in [0.15, 0.2) is 108 Å². The number of hydrogen-bond donors (Lipinski definition) is 1. The van der Waals surface area contributed by atoms with E-state index in [0.717, 1.165) is 11.1 Å². The minimum Gasteiger partial charge on any atom is -0.484 e. The van der Waals surface area contributed by atoms with Crippen LogP contribution in [-0.2, 0) is 43.9 Å². The number of rotatable bonds is 13. The van der Waals surface area contributed by atoms with Gasteiger partial charge in [0.15, 0.2) is 6.61 Å². The summed E-state index contributed by atoms with van der Waals surface area (Å²) in [5, 5.41) is 3.86. The standard InChI is InChI=1S/C35H35Cl2N3O6S/c36-29-12-11-28(32(37)22-29)23-38-35(42)33(21-26-7-3-1-4-8-26)40(24-27-9-5-2-6-10-27)34(41)25-46-30-13-15-31(16-14-30)47(43,44)39-17-19-45-20-18-39/h1-16,22,33H,17-21,23-25H2,(H,38,42). The number of sulfonamides is 1. The Labute approximate surface area is 285 Å². The molecule has 12 heteroatoms. The van der Waals surface area contributed by atoms with Crippen LogP contribution in [0.2, 0.25) is 10.0 Å². The fraction of sp³-hybridized carbons (Fsp3) is 0.257. The first-order valence-corrected chi connectivity index (χ1v) is 17.3. The Hall–Kier alpha value is -3.93. The monoisotopic (exact) mass is 695 g/mol. The van der Waals surface area contributed by atoms with E-state index < -0.39 is 22.0 Å². The van der Waals surface area contributed by atoms with Gasteiger partial charge in [0, 0.05) is 42.6 Å². The van der Waals surface area contributed by atoms with Gasteiger partial charge in [-0.1, -0.05) is 89.9 Å². The predicted octanol–water partition coefficient (Wildman–Crippen LogP) is 5.35. The van der Waals surface area contributed by atoms with Crippen molar-refractivity contribution in [1.82, 2.24) is 14.5 Å². The summed E-state index contributed by atoms with van der Waals surface area (Å²) >= 11 is 12.4. The van der Waals surface area contributed by atoms with Crippen LogP contribution in [0.5, 0.6) is 5.75 Å². The van der Waals surface area contributed by atoms with Gasteiger partial charge in [-0.15, -0.1) is 0 Å². The number of morpholine rings is 1. The van der Waals surface area contributed by atoms with Crippen molar-refractivity contribution < 1.29 is 27.5 Å². The van der Waals surface area contributed by atoms with Crippen molar-refractivity contribution in [2.75, 3.05) is 32.9 Å². The summed E-state index contributed by atoms with van der Waals surface area (Å²) in [4.78, 5) is 29.5. The van der Waals surface area contributed by atoms with Crippen molar-refractivity contribution in [3.63, 3.8) is 0 Å². The van der Waals surface area contributed by atoms with Crippen LogP contribution < -0.4 is 10.1 Å². The maximum atomic E-state index is 13.9. The topological polar surface area (TPSA) is 105 Å². The summed E-state index contributed by atoms with van der Waals surface area (Å²) in [5.74, 6) is -0.457. The van der Waals surface area contributed by atoms with Crippen LogP contribution in [0.3, 0.4) is 0 Å². The van der Waals surface area contributed by atoms with Crippen LogP contribution in [0.4, 0.5) is 0 Å². The van der Waals surface area contributed by atoms with Gasteiger partial charge in [-0.2, -0.15) is 4.31 Å². The van der Waals surface area contributed by atoms with Crippen LogP contribution in [-0.4, -0.2) is 68.4 Å². The number of ether oxygens (including phenoxy) is 2. The zero-order valence-corrected chi connectivity index (χ0v) is 27.9. The lowest BCUT2D eigenvalue weighted by atomic mass is 10.0. The predicted molar refractivity (Wildman–Crippen MR) is 181 cm³/mol. The first kappa shape index (κ1) is 34.4. The van der Waals surface area contributed by atoms with Crippen molar-refractivity contribution in [1.29, 1.82) is 0 Å². The third-order valence-electron chi connectivity index (χ3n) is 7.73. The van der Waals surface area contributed by atoms with Crippen LogP contribution >= 0.6 is 23.2 Å². The van der Waals surface area contributed by atoms with Crippen LogP contribution in [0.25, 0.3) is 0 Å². The molecule has 0 spiro atoms. The summed E-state index contributed by atoms with van der Waals surface area (Å²) < 4.78 is 38.5. The molecule has 1 N–H and O–H groups in total. The van der Waals surface area contributed by atoms with E-state index >= 15 is 0 Å². The quantitative estimate of drug-likeness (QED) is 0.202. The molecule has 1 aliphatic rings. The Morgan fingerprint density at radius 3 is 2.15 bits per heavy atom. The van der Waals surface area contributed by atoms with E-state index in [1.54, 1.807) is 18.2 Å². The molecule has 1 unspecified atom stereocenters. The van der Waals surface area contributed by atoms with E-state index in [2.05, 4.69) is 5.32 Å². The lowest BCUT2D eigenvalue weighted by Gasteiger charge is -2.31. The largest absolute Gasteiger partial charge is 0.484 e. The number of halogens is 2. The molecule has 1 saturated heterocycles. The molecule has 1 fully saturated rings. The Morgan fingerprint density at radius 2 is 1.51 bits per heavy atom. The number of carbonyl (C=O) groups is 2. The van der Waals surface area contributed by atoms with Crippen LogP contribution in [0.1, 0.15) is 16.7 Å². The SMILES string of the molecule is O=C(NCc1ccc(Cl)cc1Cl)C(Cc1ccccc1)N(Cc1ccccc1)C(=O)COc1ccc(S(=O)(=O)N2CCOCC2)cc1. The van der Waals surface area contributed by atoms with Gasteiger partial charge in [0.1, 0.15) is 11.8 Å². The highest BCUT2D eigenvalue weighted by atomic mass is 35.5. The lowest BCUT2D eigenvalue weighted by molar-refractivity contribution is -0.142. The summed E-state index contributed by atoms with van der Waals surface area (Å²) in [5.41, 5.74) is 2.40. The molecule has 0 aliphatic carbocycles. The number of nitrogens with zero attached hydrogens (tertiary/aromatic N) is 2. The minimum atomic E-state index is -3.68.